The van der Waals surface area contributed by atoms with Crippen molar-refractivity contribution < 1.29 is 9.84 Å². The quantitative estimate of drug-likeness (QED) is 0.730. The van der Waals surface area contributed by atoms with Gasteiger partial charge in [-0.3, -0.25) is 0 Å². The normalized spacial score (nSPS) is 10.9. The van der Waals surface area contributed by atoms with Crippen molar-refractivity contribution in [2.24, 2.45) is 0 Å². The molecule has 0 spiro atoms. The highest BCUT2D eigenvalue weighted by atomic mass is 16.5. The summed E-state index contributed by atoms with van der Waals surface area (Å²) in [7, 11) is 1.68. The molecule has 0 aliphatic carbocycles. The zero-order chi connectivity index (χ0) is 16.1. The van der Waals surface area contributed by atoms with Crippen molar-refractivity contribution in [1.82, 2.24) is 5.32 Å². The number of ether oxygens (including phenoxy) is 1. The van der Waals surface area contributed by atoms with Gasteiger partial charge < -0.3 is 15.2 Å². The van der Waals surface area contributed by atoms with Gasteiger partial charge in [-0.25, -0.2) is 0 Å². The molecule has 0 saturated carbocycles. The Labute approximate surface area is 136 Å². The molecule has 0 unspecified atom stereocenters. The van der Waals surface area contributed by atoms with Gasteiger partial charge >= 0.3 is 0 Å². The molecule has 0 heterocycles. The Morgan fingerprint density at radius 3 is 2.39 bits per heavy atom. The maximum absolute atomic E-state index is 9.36. The standard InChI is InChI=1S/C20H21NO2/c1-23-20-9-8-16-10-15(6-7-17(16)11-20)12-21-13-18-4-2-3-5-19(18)14-22/h2-11,21-22H,12-14H2,1H3. The Kier molecular flexibility index (Phi) is 4.91. The third-order valence-electron chi connectivity index (χ3n) is 4.05. The fourth-order valence-corrected chi connectivity index (χ4v) is 2.74. The van der Waals surface area contributed by atoms with E-state index in [1.54, 1.807) is 7.11 Å². The molecule has 3 rings (SSSR count). The van der Waals surface area contributed by atoms with Crippen molar-refractivity contribution >= 4 is 10.8 Å². The molecule has 3 nitrogen and oxygen atoms in total. The van der Waals surface area contributed by atoms with Crippen molar-refractivity contribution in [3.8, 4) is 5.75 Å². The molecule has 3 heteroatoms. The van der Waals surface area contributed by atoms with Gasteiger partial charge in [0.15, 0.2) is 0 Å². The van der Waals surface area contributed by atoms with Crippen LogP contribution in [0.4, 0.5) is 0 Å². The molecule has 0 atom stereocenters. The highest BCUT2D eigenvalue weighted by Gasteiger charge is 2.02. The Morgan fingerprint density at radius 1 is 0.870 bits per heavy atom. The lowest BCUT2D eigenvalue weighted by Gasteiger charge is -2.10. The molecule has 0 amide bonds. The number of hydrogen-bond acceptors (Lipinski definition) is 3. The Hall–Kier alpha value is -2.36. The molecule has 0 saturated heterocycles. The van der Waals surface area contributed by atoms with E-state index in [0.29, 0.717) is 0 Å². The molecule has 118 valence electrons. The summed E-state index contributed by atoms with van der Waals surface area (Å²) in [6.07, 6.45) is 0. The minimum absolute atomic E-state index is 0.0790. The Morgan fingerprint density at radius 2 is 1.61 bits per heavy atom. The maximum Gasteiger partial charge on any atom is 0.119 e. The number of rotatable bonds is 6. The first-order chi connectivity index (χ1) is 11.3. The second-order valence-electron chi connectivity index (χ2n) is 5.58. The zero-order valence-corrected chi connectivity index (χ0v) is 13.3. The molecule has 2 N–H and O–H groups in total. The summed E-state index contributed by atoms with van der Waals surface area (Å²) in [5.41, 5.74) is 3.36. The molecule has 0 radical (unpaired) electrons. The Balaban J connectivity index is 1.67. The largest absolute Gasteiger partial charge is 0.497 e. The van der Waals surface area contributed by atoms with Crippen molar-refractivity contribution in [3.63, 3.8) is 0 Å². The van der Waals surface area contributed by atoms with Gasteiger partial charge in [-0.2, -0.15) is 0 Å². The lowest BCUT2D eigenvalue weighted by atomic mass is 10.1. The topological polar surface area (TPSA) is 41.5 Å². The van der Waals surface area contributed by atoms with Crippen molar-refractivity contribution in [1.29, 1.82) is 0 Å². The van der Waals surface area contributed by atoms with Gasteiger partial charge in [0.25, 0.3) is 0 Å². The van der Waals surface area contributed by atoms with E-state index < -0.39 is 0 Å². The minimum Gasteiger partial charge on any atom is -0.497 e. The minimum atomic E-state index is 0.0790. The summed E-state index contributed by atoms with van der Waals surface area (Å²) in [6.45, 7) is 1.62. The molecule has 0 aliphatic rings. The van der Waals surface area contributed by atoms with E-state index in [1.165, 1.54) is 16.3 Å². The highest BCUT2D eigenvalue weighted by Crippen LogP contribution is 2.22. The van der Waals surface area contributed by atoms with E-state index in [4.69, 9.17) is 4.74 Å². The van der Waals surface area contributed by atoms with E-state index in [-0.39, 0.29) is 6.61 Å². The van der Waals surface area contributed by atoms with Gasteiger partial charge in [0, 0.05) is 13.1 Å². The number of hydrogen-bond donors (Lipinski definition) is 2. The molecule has 0 fully saturated rings. The van der Waals surface area contributed by atoms with E-state index in [1.807, 2.05) is 36.4 Å². The van der Waals surface area contributed by atoms with Crippen molar-refractivity contribution in [3.05, 3.63) is 77.4 Å². The SMILES string of the molecule is COc1ccc2cc(CNCc3ccccc3CO)ccc2c1. The molecule has 3 aromatic carbocycles. The maximum atomic E-state index is 9.36. The first-order valence-corrected chi connectivity index (χ1v) is 7.75. The second kappa shape index (κ2) is 7.27. The van der Waals surface area contributed by atoms with Crippen molar-refractivity contribution in [2.75, 3.05) is 7.11 Å². The number of fused-ring (bicyclic) bond motifs is 1. The lowest BCUT2D eigenvalue weighted by molar-refractivity contribution is 0.280. The number of aliphatic hydroxyl groups is 1. The van der Waals surface area contributed by atoms with Gasteiger partial charge in [-0.1, -0.05) is 42.5 Å². The van der Waals surface area contributed by atoms with Gasteiger partial charge in [-0.05, 0) is 45.7 Å². The molecular weight excluding hydrogens is 286 g/mol. The van der Waals surface area contributed by atoms with Gasteiger partial charge in [0.05, 0.1) is 13.7 Å². The molecular formula is C20H21NO2. The van der Waals surface area contributed by atoms with Crippen LogP contribution < -0.4 is 10.1 Å². The average Bonchev–Trinajstić information content (AvgIpc) is 2.61. The number of aliphatic hydroxyl groups excluding tert-OH is 1. The van der Waals surface area contributed by atoms with E-state index >= 15 is 0 Å². The first-order valence-electron chi connectivity index (χ1n) is 7.75. The third kappa shape index (κ3) is 3.70. The summed E-state index contributed by atoms with van der Waals surface area (Å²) in [5.74, 6) is 0.879. The predicted molar refractivity (Wildman–Crippen MR) is 93.4 cm³/mol. The van der Waals surface area contributed by atoms with Crippen LogP contribution in [0, 0.1) is 0 Å². The Bertz CT molecular complexity index is 799. The monoisotopic (exact) mass is 307 g/mol. The lowest BCUT2D eigenvalue weighted by Crippen LogP contribution is -2.14. The van der Waals surface area contributed by atoms with Crippen LogP contribution in [-0.4, -0.2) is 12.2 Å². The molecule has 3 aromatic rings. The summed E-state index contributed by atoms with van der Waals surface area (Å²) < 4.78 is 5.26. The van der Waals surface area contributed by atoms with Crippen LogP contribution >= 0.6 is 0 Å². The van der Waals surface area contributed by atoms with E-state index in [2.05, 4.69) is 29.6 Å². The molecule has 0 aromatic heterocycles. The van der Waals surface area contributed by atoms with Crippen LogP contribution in [0.25, 0.3) is 10.8 Å². The van der Waals surface area contributed by atoms with E-state index in [0.717, 1.165) is 30.0 Å². The average molecular weight is 307 g/mol. The first kappa shape index (κ1) is 15.5. The predicted octanol–water partition coefficient (Wildman–Crippen LogP) is 3.63. The van der Waals surface area contributed by atoms with Crippen LogP contribution in [0.15, 0.2) is 60.7 Å². The van der Waals surface area contributed by atoms with Crippen LogP contribution in [0.3, 0.4) is 0 Å². The van der Waals surface area contributed by atoms with Crippen LogP contribution in [0.1, 0.15) is 16.7 Å². The van der Waals surface area contributed by atoms with Gasteiger partial charge in [0.1, 0.15) is 5.75 Å². The van der Waals surface area contributed by atoms with Crippen LogP contribution in [0.5, 0.6) is 5.75 Å². The summed E-state index contributed by atoms with van der Waals surface area (Å²) in [4.78, 5) is 0. The fraction of sp³-hybridized carbons (Fsp3) is 0.200. The fourth-order valence-electron chi connectivity index (χ4n) is 2.74. The molecule has 0 aliphatic heterocycles. The van der Waals surface area contributed by atoms with Crippen molar-refractivity contribution in [2.45, 2.75) is 19.7 Å². The summed E-state index contributed by atoms with van der Waals surface area (Å²) in [5, 5.41) is 15.2. The number of nitrogens with one attached hydrogen (secondary N) is 1. The third-order valence-corrected chi connectivity index (χ3v) is 4.05. The van der Waals surface area contributed by atoms with Gasteiger partial charge in [0.2, 0.25) is 0 Å². The molecule has 23 heavy (non-hydrogen) atoms. The highest BCUT2D eigenvalue weighted by molar-refractivity contribution is 5.84. The number of methoxy groups -OCH3 is 1. The van der Waals surface area contributed by atoms with E-state index in [9.17, 15) is 5.11 Å². The molecule has 0 bridgehead atoms. The summed E-state index contributed by atoms with van der Waals surface area (Å²) >= 11 is 0. The smallest absolute Gasteiger partial charge is 0.119 e. The van der Waals surface area contributed by atoms with Crippen LogP contribution in [0.2, 0.25) is 0 Å². The zero-order valence-electron chi connectivity index (χ0n) is 13.3. The number of benzene rings is 3. The van der Waals surface area contributed by atoms with Gasteiger partial charge in [-0.15, -0.1) is 0 Å². The summed E-state index contributed by atoms with van der Waals surface area (Å²) in [6, 6.07) is 20.5. The van der Waals surface area contributed by atoms with Crippen LogP contribution in [-0.2, 0) is 19.7 Å². The second-order valence-corrected chi connectivity index (χ2v) is 5.58.